The standard InChI is InChI=1S/C17H28N2O4/c20-15(16(21)19-13-7-3-1-2-4-8-13)18-11-14-12-22-17(23-14)9-5-6-10-17/h13-14H,1-12H2,(H,18,20)(H,19,21)/t14-/m1/s1. The molecule has 1 heterocycles. The maximum Gasteiger partial charge on any atom is 0.309 e. The summed E-state index contributed by atoms with van der Waals surface area (Å²) in [5, 5.41) is 5.54. The first-order chi connectivity index (χ1) is 11.2. The molecule has 2 saturated carbocycles. The van der Waals surface area contributed by atoms with Gasteiger partial charge in [-0.3, -0.25) is 9.59 Å². The fraction of sp³-hybridized carbons (Fsp3) is 0.882. The Hall–Kier alpha value is -1.14. The zero-order valence-corrected chi connectivity index (χ0v) is 13.8. The van der Waals surface area contributed by atoms with Crippen molar-refractivity contribution in [2.24, 2.45) is 0 Å². The number of carbonyl (C=O) groups excluding carboxylic acids is 2. The van der Waals surface area contributed by atoms with Gasteiger partial charge in [0, 0.05) is 25.4 Å². The number of nitrogens with one attached hydrogen (secondary N) is 2. The quantitative estimate of drug-likeness (QED) is 0.611. The van der Waals surface area contributed by atoms with Crippen LogP contribution in [0.4, 0.5) is 0 Å². The van der Waals surface area contributed by atoms with E-state index in [9.17, 15) is 9.59 Å². The third kappa shape index (κ3) is 4.44. The lowest BCUT2D eigenvalue weighted by molar-refractivity contribution is -0.161. The average molecular weight is 324 g/mol. The molecule has 130 valence electrons. The molecule has 3 aliphatic rings. The zero-order chi connectivity index (χ0) is 16.1. The van der Waals surface area contributed by atoms with E-state index in [1.54, 1.807) is 0 Å². The molecular weight excluding hydrogens is 296 g/mol. The minimum atomic E-state index is -0.565. The van der Waals surface area contributed by atoms with Gasteiger partial charge in [0.25, 0.3) is 0 Å². The van der Waals surface area contributed by atoms with Crippen molar-refractivity contribution >= 4 is 11.8 Å². The predicted molar refractivity (Wildman–Crippen MR) is 84.7 cm³/mol. The van der Waals surface area contributed by atoms with Crippen LogP contribution in [0.15, 0.2) is 0 Å². The smallest absolute Gasteiger partial charge is 0.309 e. The Labute approximate surface area is 137 Å². The van der Waals surface area contributed by atoms with Crippen molar-refractivity contribution in [1.82, 2.24) is 10.6 Å². The summed E-state index contributed by atoms with van der Waals surface area (Å²) in [6.07, 6.45) is 10.6. The number of amides is 2. The summed E-state index contributed by atoms with van der Waals surface area (Å²) in [5.41, 5.74) is 0. The molecule has 2 N–H and O–H groups in total. The van der Waals surface area contributed by atoms with Gasteiger partial charge in [-0.2, -0.15) is 0 Å². The van der Waals surface area contributed by atoms with Crippen molar-refractivity contribution in [2.45, 2.75) is 82.1 Å². The summed E-state index contributed by atoms with van der Waals surface area (Å²) >= 11 is 0. The SMILES string of the molecule is O=C(NC[C@@H]1COC2(CCCC2)O1)C(=O)NC1CCCCCC1. The zero-order valence-electron chi connectivity index (χ0n) is 13.8. The number of hydrogen-bond acceptors (Lipinski definition) is 4. The second-order valence-electron chi connectivity index (χ2n) is 7.04. The molecule has 6 nitrogen and oxygen atoms in total. The van der Waals surface area contributed by atoms with Crippen LogP contribution in [0.1, 0.15) is 64.2 Å². The number of hydrogen-bond donors (Lipinski definition) is 2. The van der Waals surface area contributed by atoms with E-state index in [4.69, 9.17) is 9.47 Å². The van der Waals surface area contributed by atoms with E-state index in [-0.39, 0.29) is 12.1 Å². The van der Waals surface area contributed by atoms with E-state index >= 15 is 0 Å². The summed E-state index contributed by atoms with van der Waals surface area (Å²) in [7, 11) is 0. The van der Waals surface area contributed by atoms with Crippen LogP contribution in [0.3, 0.4) is 0 Å². The van der Waals surface area contributed by atoms with Gasteiger partial charge in [-0.05, 0) is 25.7 Å². The van der Waals surface area contributed by atoms with Crippen LogP contribution >= 0.6 is 0 Å². The highest BCUT2D eigenvalue weighted by atomic mass is 16.7. The molecule has 23 heavy (non-hydrogen) atoms. The lowest BCUT2D eigenvalue weighted by Crippen LogP contribution is -2.46. The van der Waals surface area contributed by atoms with Crippen molar-refractivity contribution in [3.63, 3.8) is 0 Å². The van der Waals surface area contributed by atoms with E-state index in [2.05, 4.69) is 10.6 Å². The van der Waals surface area contributed by atoms with E-state index in [1.807, 2.05) is 0 Å². The minimum Gasteiger partial charge on any atom is -0.347 e. The van der Waals surface area contributed by atoms with Crippen LogP contribution < -0.4 is 10.6 Å². The van der Waals surface area contributed by atoms with Crippen LogP contribution in [-0.4, -0.2) is 42.9 Å². The summed E-state index contributed by atoms with van der Waals surface area (Å²) in [5.74, 6) is -1.51. The van der Waals surface area contributed by atoms with Crippen LogP contribution in [0.25, 0.3) is 0 Å². The van der Waals surface area contributed by atoms with Crippen molar-refractivity contribution in [1.29, 1.82) is 0 Å². The van der Waals surface area contributed by atoms with E-state index < -0.39 is 17.6 Å². The third-order valence-electron chi connectivity index (χ3n) is 5.17. The van der Waals surface area contributed by atoms with Crippen molar-refractivity contribution < 1.29 is 19.1 Å². The molecular formula is C17H28N2O4. The first-order valence-electron chi connectivity index (χ1n) is 9.07. The first kappa shape index (κ1) is 16.7. The topological polar surface area (TPSA) is 76.7 Å². The van der Waals surface area contributed by atoms with Crippen LogP contribution in [0.2, 0.25) is 0 Å². The number of rotatable bonds is 3. The maximum atomic E-state index is 12.0. The molecule has 2 aliphatic carbocycles. The van der Waals surface area contributed by atoms with Gasteiger partial charge in [-0.15, -0.1) is 0 Å². The van der Waals surface area contributed by atoms with Gasteiger partial charge in [-0.1, -0.05) is 25.7 Å². The largest absolute Gasteiger partial charge is 0.347 e. The molecule has 1 aliphatic heterocycles. The predicted octanol–water partition coefficient (Wildman–Crippen LogP) is 1.63. The molecule has 1 saturated heterocycles. The Morgan fingerprint density at radius 1 is 0.957 bits per heavy atom. The van der Waals surface area contributed by atoms with Gasteiger partial charge in [0.15, 0.2) is 5.79 Å². The molecule has 1 atom stereocenters. The molecule has 0 aromatic rings. The first-order valence-corrected chi connectivity index (χ1v) is 9.07. The summed E-state index contributed by atoms with van der Waals surface area (Å²) in [6.45, 7) is 0.823. The lowest BCUT2D eigenvalue weighted by Gasteiger charge is -2.22. The van der Waals surface area contributed by atoms with E-state index in [1.165, 1.54) is 12.8 Å². The van der Waals surface area contributed by atoms with Crippen LogP contribution in [0.5, 0.6) is 0 Å². The fourth-order valence-electron chi connectivity index (χ4n) is 3.85. The lowest BCUT2D eigenvalue weighted by atomic mass is 10.1. The normalized spacial score (nSPS) is 27.7. The van der Waals surface area contributed by atoms with Gasteiger partial charge in [0.2, 0.25) is 0 Å². The minimum absolute atomic E-state index is 0.142. The van der Waals surface area contributed by atoms with E-state index in [0.29, 0.717) is 13.2 Å². The van der Waals surface area contributed by atoms with Crippen molar-refractivity contribution in [2.75, 3.05) is 13.2 Å². The second kappa shape index (κ2) is 7.62. The molecule has 0 bridgehead atoms. The Balaban J connectivity index is 1.38. The highest BCUT2D eigenvalue weighted by Crippen LogP contribution is 2.38. The molecule has 3 fully saturated rings. The Morgan fingerprint density at radius 2 is 1.65 bits per heavy atom. The van der Waals surface area contributed by atoms with Gasteiger partial charge >= 0.3 is 11.8 Å². The molecule has 0 radical (unpaired) electrons. The Kier molecular flexibility index (Phi) is 5.54. The molecule has 0 unspecified atom stereocenters. The molecule has 1 spiro atoms. The molecule has 3 rings (SSSR count). The van der Waals surface area contributed by atoms with Crippen LogP contribution in [-0.2, 0) is 19.1 Å². The molecule has 6 heteroatoms. The van der Waals surface area contributed by atoms with Gasteiger partial charge in [0.05, 0.1) is 6.61 Å². The molecule has 0 aromatic heterocycles. The van der Waals surface area contributed by atoms with E-state index in [0.717, 1.165) is 51.4 Å². The van der Waals surface area contributed by atoms with Crippen molar-refractivity contribution in [3.8, 4) is 0 Å². The molecule has 2 amide bonds. The Bertz CT molecular complexity index is 426. The fourth-order valence-corrected chi connectivity index (χ4v) is 3.85. The third-order valence-corrected chi connectivity index (χ3v) is 5.17. The Morgan fingerprint density at radius 3 is 2.35 bits per heavy atom. The van der Waals surface area contributed by atoms with Crippen molar-refractivity contribution in [3.05, 3.63) is 0 Å². The summed E-state index contributed by atoms with van der Waals surface area (Å²) in [6, 6.07) is 0.142. The van der Waals surface area contributed by atoms with Crippen LogP contribution in [0, 0.1) is 0 Å². The highest BCUT2D eigenvalue weighted by molar-refractivity contribution is 6.35. The average Bonchev–Trinajstić information content (AvgIpc) is 3.09. The van der Waals surface area contributed by atoms with Gasteiger partial charge in [0.1, 0.15) is 6.10 Å². The molecule has 0 aromatic carbocycles. The number of carbonyl (C=O) groups is 2. The highest BCUT2D eigenvalue weighted by Gasteiger charge is 2.43. The van der Waals surface area contributed by atoms with Gasteiger partial charge < -0.3 is 20.1 Å². The number of ether oxygens (including phenoxy) is 2. The maximum absolute atomic E-state index is 12.0. The second-order valence-corrected chi connectivity index (χ2v) is 7.04. The van der Waals surface area contributed by atoms with Gasteiger partial charge in [-0.25, -0.2) is 0 Å². The summed E-state index contributed by atoms with van der Waals surface area (Å²) in [4.78, 5) is 23.9. The summed E-state index contributed by atoms with van der Waals surface area (Å²) < 4.78 is 11.7. The monoisotopic (exact) mass is 324 g/mol.